The topological polar surface area (TPSA) is 29.5 Å². The highest BCUT2D eigenvalue weighted by Gasteiger charge is 2.08. The zero-order chi connectivity index (χ0) is 11.7. The van der Waals surface area contributed by atoms with Crippen molar-refractivity contribution in [2.24, 2.45) is 0 Å². The van der Waals surface area contributed by atoms with Crippen LogP contribution in [0, 0.1) is 0 Å². The van der Waals surface area contributed by atoms with Crippen LogP contribution in [0.1, 0.15) is 12.8 Å². The minimum Gasteiger partial charge on any atom is -0.375 e. The molecule has 15 heavy (non-hydrogen) atoms. The molecular weight excluding hydrogens is 272 g/mol. The second-order valence-electron chi connectivity index (χ2n) is 3.07. The van der Waals surface area contributed by atoms with Gasteiger partial charge in [-0.05, 0) is 6.42 Å². The highest BCUT2D eigenvalue weighted by atomic mass is 79.9. The predicted octanol–water partition coefficient (Wildman–Crippen LogP) is 1.90. The smallest absolute Gasteiger partial charge is 0.261 e. The number of nitrogens with zero attached hydrogens (tertiary/aromatic N) is 1. The summed E-state index contributed by atoms with van der Waals surface area (Å²) in [5, 5.41) is 0.840. The number of amides is 1. The normalized spacial score (nSPS) is 10.7. The first kappa shape index (κ1) is 14.8. The standard InChI is InChI=1S/C9H16BrF2NO2/c1-13(5-2-4-10)9(14)3-6-15-7-8(11)12/h8H,2-7H2,1H3. The Morgan fingerprint density at radius 1 is 1.53 bits per heavy atom. The fourth-order valence-electron chi connectivity index (χ4n) is 0.944. The van der Waals surface area contributed by atoms with Crippen molar-refractivity contribution >= 4 is 21.8 Å². The summed E-state index contributed by atoms with van der Waals surface area (Å²) in [6.45, 7) is 0.124. The number of carbonyl (C=O) groups excluding carboxylic acids is 1. The minimum absolute atomic E-state index is 0.0574. The number of ether oxygens (including phenoxy) is 1. The largest absolute Gasteiger partial charge is 0.375 e. The number of halogens is 3. The van der Waals surface area contributed by atoms with E-state index in [1.807, 2.05) is 0 Å². The molecule has 0 atom stereocenters. The Bertz CT molecular complexity index is 181. The van der Waals surface area contributed by atoms with Crippen molar-refractivity contribution in [3.8, 4) is 0 Å². The summed E-state index contributed by atoms with van der Waals surface area (Å²) in [5.74, 6) is -0.0785. The van der Waals surface area contributed by atoms with E-state index in [9.17, 15) is 13.6 Å². The molecule has 0 aliphatic rings. The van der Waals surface area contributed by atoms with Crippen molar-refractivity contribution in [3.05, 3.63) is 0 Å². The maximum absolute atomic E-state index is 11.7. The molecular formula is C9H16BrF2NO2. The van der Waals surface area contributed by atoms with Gasteiger partial charge in [-0.15, -0.1) is 0 Å². The number of rotatable bonds is 8. The molecule has 0 N–H and O–H groups in total. The van der Waals surface area contributed by atoms with E-state index in [4.69, 9.17) is 0 Å². The summed E-state index contributed by atoms with van der Waals surface area (Å²) >= 11 is 3.26. The Hall–Kier alpha value is -0.230. The lowest BCUT2D eigenvalue weighted by Crippen LogP contribution is -2.28. The predicted molar refractivity (Wildman–Crippen MR) is 57.5 cm³/mol. The van der Waals surface area contributed by atoms with Gasteiger partial charge in [-0.25, -0.2) is 8.78 Å². The Kier molecular flexibility index (Phi) is 8.89. The van der Waals surface area contributed by atoms with Crippen molar-refractivity contribution in [2.45, 2.75) is 19.3 Å². The Morgan fingerprint density at radius 3 is 2.73 bits per heavy atom. The fraction of sp³-hybridized carbons (Fsp3) is 0.889. The molecule has 0 unspecified atom stereocenters. The molecule has 0 saturated carbocycles. The van der Waals surface area contributed by atoms with Crippen LogP contribution in [0.3, 0.4) is 0 Å². The van der Waals surface area contributed by atoms with Crippen LogP contribution in [-0.2, 0) is 9.53 Å². The monoisotopic (exact) mass is 287 g/mol. The van der Waals surface area contributed by atoms with Gasteiger partial charge in [-0.1, -0.05) is 15.9 Å². The van der Waals surface area contributed by atoms with E-state index in [0.29, 0.717) is 6.54 Å². The van der Waals surface area contributed by atoms with Crippen LogP contribution in [0.5, 0.6) is 0 Å². The zero-order valence-corrected chi connectivity index (χ0v) is 10.3. The summed E-state index contributed by atoms with van der Waals surface area (Å²) < 4.78 is 27.9. The molecule has 0 heterocycles. The third-order valence-corrected chi connectivity index (χ3v) is 2.32. The molecule has 6 heteroatoms. The van der Waals surface area contributed by atoms with Crippen LogP contribution < -0.4 is 0 Å². The summed E-state index contributed by atoms with van der Waals surface area (Å²) in [7, 11) is 1.69. The Labute approximate surface area is 96.9 Å². The van der Waals surface area contributed by atoms with Crippen LogP contribution in [-0.4, -0.2) is 49.4 Å². The Morgan fingerprint density at radius 2 is 2.20 bits per heavy atom. The average molecular weight is 288 g/mol. The van der Waals surface area contributed by atoms with E-state index in [1.54, 1.807) is 11.9 Å². The lowest BCUT2D eigenvalue weighted by atomic mass is 10.3. The van der Waals surface area contributed by atoms with Gasteiger partial charge in [0.25, 0.3) is 6.43 Å². The third kappa shape index (κ3) is 8.74. The molecule has 0 aliphatic carbocycles. The molecule has 0 bridgehead atoms. The second kappa shape index (κ2) is 9.03. The highest BCUT2D eigenvalue weighted by Crippen LogP contribution is 1.98. The van der Waals surface area contributed by atoms with E-state index in [0.717, 1.165) is 11.8 Å². The van der Waals surface area contributed by atoms with Crippen molar-refractivity contribution in [2.75, 3.05) is 32.1 Å². The van der Waals surface area contributed by atoms with Crippen LogP contribution in [0.4, 0.5) is 8.78 Å². The SMILES string of the molecule is CN(CCCBr)C(=O)CCOCC(F)F. The van der Waals surface area contributed by atoms with Gasteiger partial charge >= 0.3 is 0 Å². The molecule has 3 nitrogen and oxygen atoms in total. The molecule has 1 amide bonds. The van der Waals surface area contributed by atoms with Gasteiger partial charge in [0.1, 0.15) is 6.61 Å². The molecule has 0 spiro atoms. The lowest BCUT2D eigenvalue weighted by molar-refractivity contribution is -0.131. The van der Waals surface area contributed by atoms with Crippen LogP contribution in [0.2, 0.25) is 0 Å². The summed E-state index contributed by atoms with van der Waals surface area (Å²) in [6, 6.07) is 0. The van der Waals surface area contributed by atoms with Crippen molar-refractivity contribution in [1.29, 1.82) is 0 Å². The van der Waals surface area contributed by atoms with Crippen molar-refractivity contribution in [3.63, 3.8) is 0 Å². The van der Waals surface area contributed by atoms with Gasteiger partial charge in [-0.3, -0.25) is 4.79 Å². The summed E-state index contributed by atoms with van der Waals surface area (Å²) in [6.07, 6.45) is -1.43. The fourth-order valence-corrected chi connectivity index (χ4v) is 1.20. The quantitative estimate of drug-likeness (QED) is 0.504. The van der Waals surface area contributed by atoms with Crippen molar-refractivity contribution in [1.82, 2.24) is 4.90 Å². The van der Waals surface area contributed by atoms with Gasteiger partial charge in [-0.2, -0.15) is 0 Å². The van der Waals surface area contributed by atoms with E-state index in [-0.39, 0.29) is 18.9 Å². The van der Waals surface area contributed by atoms with E-state index < -0.39 is 13.0 Å². The highest BCUT2D eigenvalue weighted by molar-refractivity contribution is 9.09. The molecule has 0 aromatic heterocycles. The first-order valence-corrected chi connectivity index (χ1v) is 5.86. The van der Waals surface area contributed by atoms with Crippen LogP contribution in [0.25, 0.3) is 0 Å². The van der Waals surface area contributed by atoms with Crippen LogP contribution in [0.15, 0.2) is 0 Å². The first-order chi connectivity index (χ1) is 7.07. The summed E-state index contributed by atoms with van der Waals surface area (Å²) in [4.78, 5) is 12.9. The zero-order valence-electron chi connectivity index (χ0n) is 8.72. The number of alkyl halides is 3. The van der Waals surface area contributed by atoms with Gasteiger partial charge < -0.3 is 9.64 Å². The van der Waals surface area contributed by atoms with E-state index in [1.165, 1.54) is 0 Å². The molecule has 0 radical (unpaired) electrons. The molecule has 0 rings (SSSR count). The molecule has 90 valence electrons. The van der Waals surface area contributed by atoms with E-state index in [2.05, 4.69) is 20.7 Å². The van der Waals surface area contributed by atoms with Crippen LogP contribution >= 0.6 is 15.9 Å². The molecule has 0 saturated heterocycles. The van der Waals surface area contributed by atoms with Gasteiger partial charge in [0.05, 0.1) is 13.0 Å². The van der Waals surface area contributed by atoms with Crippen molar-refractivity contribution < 1.29 is 18.3 Å². The minimum atomic E-state index is -2.47. The third-order valence-electron chi connectivity index (χ3n) is 1.76. The molecule has 0 aromatic rings. The van der Waals surface area contributed by atoms with Gasteiger partial charge in [0.15, 0.2) is 0 Å². The van der Waals surface area contributed by atoms with Gasteiger partial charge in [0.2, 0.25) is 5.91 Å². The number of hydrogen-bond donors (Lipinski definition) is 0. The van der Waals surface area contributed by atoms with Gasteiger partial charge in [0, 0.05) is 18.9 Å². The first-order valence-electron chi connectivity index (χ1n) is 4.73. The maximum Gasteiger partial charge on any atom is 0.261 e. The molecule has 0 fully saturated rings. The lowest BCUT2D eigenvalue weighted by Gasteiger charge is -2.16. The number of hydrogen-bond acceptors (Lipinski definition) is 2. The van der Waals surface area contributed by atoms with E-state index >= 15 is 0 Å². The average Bonchev–Trinajstić information content (AvgIpc) is 2.20. The summed E-state index contributed by atoms with van der Waals surface area (Å²) in [5.41, 5.74) is 0. The second-order valence-corrected chi connectivity index (χ2v) is 3.87. The maximum atomic E-state index is 11.7. The number of carbonyl (C=O) groups is 1. The molecule has 0 aromatic carbocycles. The Balaban J connectivity index is 3.47. The molecule has 0 aliphatic heterocycles.